The van der Waals surface area contributed by atoms with Crippen molar-refractivity contribution in [2.75, 3.05) is 24.5 Å². The molecule has 2 amide bonds. The molecule has 0 radical (unpaired) electrons. The van der Waals surface area contributed by atoms with Crippen molar-refractivity contribution in [1.82, 2.24) is 15.2 Å². The number of rotatable bonds is 11. The number of ether oxygens (including phenoxy) is 2. The number of carbonyl (C=O) groups excluding carboxylic acids is 2. The van der Waals surface area contributed by atoms with Crippen molar-refractivity contribution in [2.45, 2.75) is 84.6 Å². The van der Waals surface area contributed by atoms with Crippen LogP contribution in [0.25, 0.3) is 0 Å². The smallest absolute Gasteiger partial charge is 0.407 e. The highest BCUT2D eigenvalue weighted by molar-refractivity contribution is 7.15. The molecule has 0 bridgehead atoms. The van der Waals surface area contributed by atoms with Crippen LogP contribution in [0.5, 0.6) is 5.75 Å². The number of aromatic nitrogens is 1. The van der Waals surface area contributed by atoms with Gasteiger partial charge in [0.2, 0.25) is 5.91 Å². The summed E-state index contributed by atoms with van der Waals surface area (Å²) in [7, 11) is 0. The summed E-state index contributed by atoms with van der Waals surface area (Å²) in [6.07, 6.45) is 4.17. The number of nitrogens with zero attached hydrogens (tertiary/aromatic N) is 3. The first kappa shape index (κ1) is 35.9. The minimum Gasteiger partial charge on any atom is -0.485 e. The number of hydrogen-bond acceptors (Lipinski definition) is 7. The van der Waals surface area contributed by atoms with Crippen LogP contribution < -0.4 is 15.0 Å². The Hall–Kier alpha value is -2.43. The average Bonchev–Trinajstić information content (AvgIpc) is 3.54. The molecule has 1 aliphatic carbocycles. The summed E-state index contributed by atoms with van der Waals surface area (Å²) >= 11 is 27.4. The van der Waals surface area contributed by atoms with Crippen LogP contribution in [0.1, 0.15) is 61.6 Å². The number of halogens is 4. The van der Waals surface area contributed by atoms with Crippen molar-refractivity contribution >= 4 is 74.9 Å². The lowest BCUT2D eigenvalue weighted by atomic mass is 10.0. The number of hydrogen-bond donors (Lipinski definition) is 1. The van der Waals surface area contributed by atoms with Crippen LogP contribution in [0.3, 0.4) is 0 Å². The van der Waals surface area contributed by atoms with Gasteiger partial charge in [-0.25, -0.2) is 9.78 Å². The van der Waals surface area contributed by atoms with Crippen molar-refractivity contribution in [3.63, 3.8) is 0 Å². The van der Waals surface area contributed by atoms with Crippen LogP contribution in [-0.2, 0) is 22.5 Å². The molecular formula is C34H40Cl4N4O4S. The highest BCUT2D eigenvalue weighted by atomic mass is 35.5. The second kappa shape index (κ2) is 15.0. The molecule has 2 aromatic carbocycles. The molecule has 8 nitrogen and oxygen atoms in total. The summed E-state index contributed by atoms with van der Waals surface area (Å²) in [6, 6.07) is 7.43. The third-order valence-corrected chi connectivity index (χ3v) is 10.9. The van der Waals surface area contributed by atoms with Gasteiger partial charge in [-0.1, -0.05) is 58.5 Å². The molecule has 0 unspecified atom stereocenters. The molecule has 2 atom stereocenters. The van der Waals surface area contributed by atoms with Crippen molar-refractivity contribution in [3.8, 4) is 5.75 Å². The Kier molecular flexibility index (Phi) is 11.4. The van der Waals surface area contributed by atoms with Crippen LogP contribution in [-0.4, -0.2) is 59.3 Å². The number of nitrogens with one attached hydrogen (secondary N) is 1. The van der Waals surface area contributed by atoms with E-state index in [1.807, 2.05) is 43.1 Å². The number of amides is 2. The monoisotopic (exact) mass is 740 g/mol. The largest absolute Gasteiger partial charge is 0.485 e. The van der Waals surface area contributed by atoms with Crippen LogP contribution in [0, 0.1) is 19.8 Å². The maximum Gasteiger partial charge on any atom is 0.407 e. The zero-order valence-electron chi connectivity index (χ0n) is 27.2. The molecule has 47 heavy (non-hydrogen) atoms. The molecule has 1 N–H and O–H groups in total. The standard InChI is InChI=1S/C34H40Cl4N4O4S/c1-19-13-27(36)30(28(37)20(19)2)45-24-11-12-41(18-24)32-39-16-25(47-32)14-22(15-40-33(44)46-34(3,4)5)31(43)42(23-9-10-23)17-21-7-6-8-26(35)29(21)38/h6-8,13,16,22-24H,9-12,14-15,17-18H2,1-5H3,(H,40,44)/t22-,24+/m0/s1. The van der Waals surface area contributed by atoms with Crippen LogP contribution in [0.15, 0.2) is 30.5 Å². The van der Waals surface area contributed by atoms with E-state index in [0.717, 1.165) is 52.5 Å². The average molecular weight is 743 g/mol. The fraction of sp³-hybridized carbons (Fsp3) is 0.500. The van der Waals surface area contributed by atoms with Crippen molar-refractivity contribution in [3.05, 3.63) is 72.1 Å². The predicted octanol–water partition coefficient (Wildman–Crippen LogP) is 8.91. The predicted molar refractivity (Wildman–Crippen MR) is 191 cm³/mol. The molecule has 2 fully saturated rings. The minimum absolute atomic E-state index is 0.0636. The first-order valence-electron chi connectivity index (χ1n) is 15.7. The zero-order valence-corrected chi connectivity index (χ0v) is 31.0. The van der Waals surface area contributed by atoms with Crippen LogP contribution in [0.2, 0.25) is 20.1 Å². The second-order valence-corrected chi connectivity index (χ2v) is 15.9. The molecule has 1 saturated heterocycles. The number of thiazole rings is 1. The van der Waals surface area contributed by atoms with Gasteiger partial charge >= 0.3 is 6.09 Å². The van der Waals surface area contributed by atoms with Gasteiger partial charge < -0.3 is 24.6 Å². The quantitative estimate of drug-likeness (QED) is 0.211. The Morgan fingerprint density at radius 1 is 1.11 bits per heavy atom. The SMILES string of the molecule is Cc1cc(Cl)c(O[C@@H]2CCN(c3ncc(C[C@@H](CNC(=O)OC(C)(C)C)C(=O)N(Cc4cccc(Cl)c4Cl)C4CC4)s3)C2)c(Cl)c1C. The van der Waals surface area contributed by atoms with Gasteiger partial charge in [-0.3, -0.25) is 4.79 Å². The third kappa shape index (κ3) is 9.18. The lowest BCUT2D eigenvalue weighted by Crippen LogP contribution is -2.44. The summed E-state index contributed by atoms with van der Waals surface area (Å²) in [5.41, 5.74) is 2.09. The fourth-order valence-electron chi connectivity index (χ4n) is 5.49. The number of aryl methyl sites for hydroxylation is 1. The highest BCUT2D eigenvalue weighted by Crippen LogP contribution is 2.39. The number of benzene rings is 2. The van der Waals surface area contributed by atoms with E-state index in [1.165, 1.54) is 11.3 Å². The van der Waals surface area contributed by atoms with Gasteiger partial charge in [0.15, 0.2) is 10.9 Å². The third-order valence-electron chi connectivity index (χ3n) is 8.25. The summed E-state index contributed by atoms with van der Waals surface area (Å²) < 4.78 is 11.7. The number of carbonyl (C=O) groups is 2. The lowest BCUT2D eigenvalue weighted by Gasteiger charge is -2.28. The normalized spacial score (nSPS) is 17.0. The van der Waals surface area contributed by atoms with E-state index in [0.29, 0.717) is 45.4 Å². The zero-order chi connectivity index (χ0) is 34.0. The number of anilines is 1. The molecule has 13 heteroatoms. The van der Waals surface area contributed by atoms with Crippen molar-refractivity contribution in [2.24, 2.45) is 5.92 Å². The Morgan fingerprint density at radius 3 is 2.55 bits per heavy atom. The van der Waals surface area contributed by atoms with E-state index in [4.69, 9.17) is 60.9 Å². The molecule has 5 rings (SSSR count). The van der Waals surface area contributed by atoms with Gasteiger partial charge in [0.1, 0.15) is 11.7 Å². The molecule has 3 aromatic rings. The summed E-state index contributed by atoms with van der Waals surface area (Å²) in [5.74, 6) is -0.0920. The maximum absolute atomic E-state index is 14.2. The number of alkyl carbamates (subject to hydrolysis) is 1. The molecule has 2 aliphatic rings. The Labute approximate surface area is 300 Å². The first-order chi connectivity index (χ1) is 22.2. The van der Waals surface area contributed by atoms with Crippen molar-refractivity contribution < 1.29 is 19.1 Å². The van der Waals surface area contributed by atoms with Crippen LogP contribution >= 0.6 is 57.7 Å². The van der Waals surface area contributed by atoms with E-state index in [2.05, 4.69) is 10.2 Å². The summed E-state index contributed by atoms with van der Waals surface area (Å²) in [5, 5.41) is 5.60. The molecule has 1 aromatic heterocycles. The molecular weight excluding hydrogens is 702 g/mol. The summed E-state index contributed by atoms with van der Waals surface area (Å²) in [6.45, 7) is 11.2. The van der Waals surface area contributed by atoms with Gasteiger partial charge in [-0.2, -0.15) is 0 Å². The topological polar surface area (TPSA) is 84.0 Å². The molecule has 254 valence electrons. The van der Waals surface area contributed by atoms with E-state index in [1.54, 1.807) is 26.8 Å². The van der Waals surface area contributed by atoms with E-state index in [9.17, 15) is 9.59 Å². The van der Waals surface area contributed by atoms with Gasteiger partial charge in [0, 0.05) is 43.2 Å². The Morgan fingerprint density at radius 2 is 1.85 bits per heavy atom. The molecule has 1 saturated carbocycles. The first-order valence-corrected chi connectivity index (χ1v) is 18.0. The second-order valence-electron chi connectivity index (χ2n) is 13.2. The van der Waals surface area contributed by atoms with E-state index in [-0.39, 0.29) is 24.6 Å². The van der Waals surface area contributed by atoms with E-state index >= 15 is 0 Å². The summed E-state index contributed by atoms with van der Waals surface area (Å²) in [4.78, 5) is 36.5. The Balaban J connectivity index is 1.29. The fourth-order valence-corrected chi connectivity index (χ4v) is 7.55. The molecule has 0 spiro atoms. The maximum atomic E-state index is 14.2. The molecule has 2 heterocycles. The minimum atomic E-state index is -0.661. The van der Waals surface area contributed by atoms with Crippen LogP contribution in [0.4, 0.5) is 9.93 Å². The highest BCUT2D eigenvalue weighted by Gasteiger charge is 2.37. The van der Waals surface area contributed by atoms with Crippen molar-refractivity contribution in [1.29, 1.82) is 0 Å². The molecule has 1 aliphatic heterocycles. The Bertz CT molecular complexity index is 1620. The van der Waals surface area contributed by atoms with Gasteiger partial charge in [-0.05, 0) is 82.7 Å². The lowest BCUT2D eigenvalue weighted by molar-refractivity contribution is -0.136. The van der Waals surface area contributed by atoms with Gasteiger partial charge in [0.25, 0.3) is 0 Å². The van der Waals surface area contributed by atoms with Gasteiger partial charge in [0.05, 0.1) is 32.6 Å². The van der Waals surface area contributed by atoms with E-state index < -0.39 is 17.6 Å². The van der Waals surface area contributed by atoms with Gasteiger partial charge in [-0.15, -0.1) is 11.3 Å².